The minimum Gasteiger partial charge on any atom is -0.491 e. The fourth-order valence-corrected chi connectivity index (χ4v) is 2.39. The molecule has 1 atom stereocenters. The van der Waals surface area contributed by atoms with E-state index in [1.54, 1.807) is 0 Å². The molecular weight excluding hydrogens is 274 g/mol. The highest BCUT2D eigenvalue weighted by Crippen LogP contribution is 2.17. The first-order valence-corrected chi connectivity index (χ1v) is 7.70. The summed E-state index contributed by atoms with van der Waals surface area (Å²) in [5, 5.41) is 3.29. The molecule has 0 fully saturated rings. The first-order chi connectivity index (χ1) is 10.6. The Balaban J connectivity index is 1.97. The summed E-state index contributed by atoms with van der Waals surface area (Å²) in [6, 6.07) is 15.9. The van der Waals surface area contributed by atoms with Gasteiger partial charge >= 0.3 is 0 Å². The molecule has 0 radical (unpaired) electrons. The van der Waals surface area contributed by atoms with Crippen LogP contribution in [0.3, 0.4) is 0 Å². The van der Waals surface area contributed by atoms with Crippen molar-refractivity contribution < 1.29 is 4.74 Å². The lowest BCUT2D eigenvalue weighted by molar-refractivity contribution is 0.242. The summed E-state index contributed by atoms with van der Waals surface area (Å²) in [4.78, 5) is 11.1. The number of hydrogen-bond donors (Lipinski definition) is 0. The van der Waals surface area contributed by atoms with Crippen molar-refractivity contribution in [1.29, 1.82) is 0 Å². The standard InChI is InChI=1S/C19H23NO2/c1-14(2)22-19-10-8-17(9-11-19)13-18(20-21)12-16-6-4-15(3)5-7-16/h4-11,14,18H,12-13H2,1-3H3. The van der Waals surface area contributed by atoms with Crippen LogP contribution in [0.5, 0.6) is 5.75 Å². The second-order valence-corrected chi connectivity index (χ2v) is 5.96. The van der Waals surface area contributed by atoms with E-state index in [0.29, 0.717) is 12.8 Å². The molecule has 0 bridgehead atoms. The number of nitrogens with zero attached hydrogens (tertiary/aromatic N) is 1. The lowest BCUT2D eigenvalue weighted by Gasteiger charge is -2.12. The van der Waals surface area contributed by atoms with Crippen molar-refractivity contribution in [2.75, 3.05) is 0 Å². The summed E-state index contributed by atoms with van der Waals surface area (Å²) in [5.41, 5.74) is 3.47. The number of aryl methyl sites for hydroxylation is 1. The van der Waals surface area contributed by atoms with Crippen LogP contribution in [-0.4, -0.2) is 12.1 Å². The largest absolute Gasteiger partial charge is 0.491 e. The number of nitroso groups, excluding NO2 is 1. The van der Waals surface area contributed by atoms with E-state index in [1.807, 2.05) is 38.1 Å². The van der Waals surface area contributed by atoms with Gasteiger partial charge < -0.3 is 4.74 Å². The maximum absolute atomic E-state index is 11.1. The highest BCUT2D eigenvalue weighted by atomic mass is 16.5. The van der Waals surface area contributed by atoms with Crippen LogP contribution in [0.25, 0.3) is 0 Å². The van der Waals surface area contributed by atoms with Gasteiger partial charge in [0.1, 0.15) is 5.75 Å². The van der Waals surface area contributed by atoms with Crippen molar-refractivity contribution in [3.63, 3.8) is 0 Å². The Kier molecular flexibility index (Phi) is 5.70. The Morgan fingerprint density at radius 2 is 1.41 bits per heavy atom. The Hall–Kier alpha value is -2.16. The molecule has 0 heterocycles. The molecule has 3 heteroatoms. The van der Waals surface area contributed by atoms with Gasteiger partial charge in [-0.1, -0.05) is 47.1 Å². The molecule has 0 saturated carbocycles. The summed E-state index contributed by atoms with van der Waals surface area (Å²) in [5.74, 6) is 0.855. The zero-order valence-corrected chi connectivity index (χ0v) is 13.5. The van der Waals surface area contributed by atoms with Gasteiger partial charge in [0.05, 0.1) is 12.1 Å². The molecule has 116 valence electrons. The normalized spacial score (nSPS) is 12.2. The third kappa shape index (κ3) is 4.99. The zero-order valence-electron chi connectivity index (χ0n) is 13.5. The average Bonchev–Trinajstić information content (AvgIpc) is 2.50. The Morgan fingerprint density at radius 1 is 0.909 bits per heavy atom. The van der Waals surface area contributed by atoms with E-state index in [-0.39, 0.29) is 12.1 Å². The maximum Gasteiger partial charge on any atom is 0.119 e. The molecule has 0 aliphatic rings. The van der Waals surface area contributed by atoms with E-state index in [9.17, 15) is 4.91 Å². The Morgan fingerprint density at radius 3 is 1.86 bits per heavy atom. The molecular formula is C19H23NO2. The SMILES string of the molecule is Cc1ccc(CC(Cc2ccc(OC(C)C)cc2)N=O)cc1. The molecule has 2 aromatic rings. The van der Waals surface area contributed by atoms with Crippen molar-refractivity contribution in [3.8, 4) is 5.75 Å². The molecule has 3 nitrogen and oxygen atoms in total. The predicted octanol–water partition coefficient (Wildman–Crippen LogP) is 4.70. The summed E-state index contributed by atoms with van der Waals surface area (Å²) in [6.45, 7) is 6.06. The fraction of sp³-hybridized carbons (Fsp3) is 0.368. The van der Waals surface area contributed by atoms with Crippen molar-refractivity contribution in [3.05, 3.63) is 70.1 Å². The van der Waals surface area contributed by atoms with E-state index >= 15 is 0 Å². The molecule has 0 aliphatic carbocycles. The molecule has 1 unspecified atom stereocenters. The third-order valence-electron chi connectivity index (χ3n) is 3.51. The van der Waals surface area contributed by atoms with E-state index < -0.39 is 0 Å². The highest BCUT2D eigenvalue weighted by Gasteiger charge is 2.11. The molecule has 0 spiro atoms. The molecule has 0 aliphatic heterocycles. The monoisotopic (exact) mass is 297 g/mol. The van der Waals surface area contributed by atoms with Crippen LogP contribution in [0.1, 0.15) is 30.5 Å². The van der Waals surface area contributed by atoms with Gasteiger partial charge in [-0.05, 0) is 56.9 Å². The van der Waals surface area contributed by atoms with Gasteiger partial charge in [0, 0.05) is 0 Å². The minimum absolute atomic E-state index is 0.164. The van der Waals surface area contributed by atoms with Crippen LogP contribution in [0, 0.1) is 11.8 Å². The number of ether oxygens (including phenoxy) is 1. The molecule has 0 aromatic heterocycles. The van der Waals surface area contributed by atoms with Gasteiger partial charge in [0.15, 0.2) is 0 Å². The molecule has 0 saturated heterocycles. The van der Waals surface area contributed by atoms with Crippen LogP contribution >= 0.6 is 0 Å². The van der Waals surface area contributed by atoms with Crippen molar-refractivity contribution >= 4 is 0 Å². The fourth-order valence-electron chi connectivity index (χ4n) is 2.39. The Bertz CT molecular complexity index is 588. The molecule has 22 heavy (non-hydrogen) atoms. The van der Waals surface area contributed by atoms with Gasteiger partial charge in [-0.2, -0.15) is 4.91 Å². The third-order valence-corrected chi connectivity index (χ3v) is 3.51. The van der Waals surface area contributed by atoms with E-state index in [0.717, 1.165) is 16.9 Å². The number of benzene rings is 2. The van der Waals surface area contributed by atoms with Gasteiger partial charge in [-0.25, -0.2) is 0 Å². The van der Waals surface area contributed by atoms with Crippen LogP contribution in [0.4, 0.5) is 0 Å². The lowest BCUT2D eigenvalue weighted by atomic mass is 9.99. The lowest BCUT2D eigenvalue weighted by Crippen LogP contribution is -2.12. The molecule has 2 rings (SSSR count). The van der Waals surface area contributed by atoms with Gasteiger partial charge in [0.2, 0.25) is 0 Å². The van der Waals surface area contributed by atoms with Crippen molar-refractivity contribution in [2.24, 2.45) is 5.18 Å². The molecule has 2 aromatic carbocycles. The van der Waals surface area contributed by atoms with E-state index in [1.165, 1.54) is 5.56 Å². The number of hydrogen-bond acceptors (Lipinski definition) is 3. The van der Waals surface area contributed by atoms with Crippen LogP contribution in [0.2, 0.25) is 0 Å². The quantitative estimate of drug-likeness (QED) is 0.695. The second kappa shape index (κ2) is 7.74. The van der Waals surface area contributed by atoms with Crippen LogP contribution in [0.15, 0.2) is 53.7 Å². The van der Waals surface area contributed by atoms with Gasteiger partial charge in [-0.3, -0.25) is 0 Å². The Labute approximate surface area is 132 Å². The smallest absolute Gasteiger partial charge is 0.119 e. The van der Waals surface area contributed by atoms with Crippen molar-refractivity contribution in [1.82, 2.24) is 0 Å². The second-order valence-electron chi connectivity index (χ2n) is 5.96. The zero-order chi connectivity index (χ0) is 15.9. The summed E-state index contributed by atoms with van der Waals surface area (Å²) in [6.07, 6.45) is 1.49. The average molecular weight is 297 g/mol. The summed E-state index contributed by atoms with van der Waals surface area (Å²) >= 11 is 0. The predicted molar refractivity (Wildman–Crippen MR) is 90.4 cm³/mol. The van der Waals surface area contributed by atoms with E-state index in [4.69, 9.17) is 4.74 Å². The van der Waals surface area contributed by atoms with Crippen LogP contribution in [-0.2, 0) is 12.8 Å². The minimum atomic E-state index is -0.237. The van der Waals surface area contributed by atoms with Crippen LogP contribution < -0.4 is 4.74 Å². The maximum atomic E-state index is 11.1. The highest BCUT2D eigenvalue weighted by molar-refractivity contribution is 5.28. The molecule has 0 N–H and O–H groups in total. The van der Waals surface area contributed by atoms with Crippen molar-refractivity contribution in [2.45, 2.75) is 45.8 Å². The summed E-state index contributed by atoms with van der Waals surface area (Å²) < 4.78 is 5.62. The first-order valence-electron chi connectivity index (χ1n) is 7.70. The topological polar surface area (TPSA) is 38.7 Å². The van der Waals surface area contributed by atoms with E-state index in [2.05, 4.69) is 36.4 Å². The van der Waals surface area contributed by atoms with Gasteiger partial charge in [0.25, 0.3) is 0 Å². The number of rotatable bonds is 7. The first kappa shape index (κ1) is 16.2. The van der Waals surface area contributed by atoms with Gasteiger partial charge in [-0.15, -0.1) is 0 Å². The molecule has 0 amide bonds. The summed E-state index contributed by atoms with van der Waals surface area (Å²) in [7, 11) is 0.